The van der Waals surface area contributed by atoms with Crippen LogP contribution < -0.4 is 11.1 Å². The first-order chi connectivity index (χ1) is 8.58. The van der Waals surface area contributed by atoms with Gasteiger partial charge in [0.15, 0.2) is 0 Å². The number of nitrogens with two attached hydrogens (primary N) is 1. The van der Waals surface area contributed by atoms with E-state index in [4.69, 9.17) is 5.73 Å². The van der Waals surface area contributed by atoms with Crippen molar-refractivity contribution in [2.75, 3.05) is 31.1 Å². The van der Waals surface area contributed by atoms with Gasteiger partial charge in [-0.1, -0.05) is 0 Å². The molecule has 1 atom stereocenters. The predicted octanol–water partition coefficient (Wildman–Crippen LogP) is 1.16. The second-order valence-corrected chi connectivity index (χ2v) is 6.35. The Bertz CT molecular complexity index is 495. The summed E-state index contributed by atoms with van der Waals surface area (Å²) in [6.45, 7) is 1.84. The van der Waals surface area contributed by atoms with Gasteiger partial charge in [0.2, 0.25) is 0 Å². The maximum Gasteiger partial charge on any atom is 0.317 e. The van der Waals surface area contributed by atoms with Crippen LogP contribution in [0.3, 0.4) is 0 Å². The van der Waals surface area contributed by atoms with Crippen molar-refractivity contribution in [3.63, 3.8) is 0 Å². The molecule has 0 aliphatic carbocycles. The molecular formula is C11H14BrN3O2S. The third-order valence-electron chi connectivity index (χ3n) is 2.69. The smallest absolute Gasteiger partial charge is 0.317 e. The second kappa shape index (κ2) is 5.71. The molecule has 1 saturated heterocycles. The Morgan fingerprint density at radius 1 is 1.50 bits per heavy atom. The van der Waals surface area contributed by atoms with Crippen molar-refractivity contribution < 1.29 is 9.00 Å². The van der Waals surface area contributed by atoms with Crippen molar-refractivity contribution in [2.45, 2.75) is 4.90 Å². The molecule has 1 aromatic carbocycles. The number of benzene rings is 1. The molecule has 1 aliphatic heterocycles. The van der Waals surface area contributed by atoms with E-state index < -0.39 is 10.8 Å². The molecule has 0 saturated carbocycles. The summed E-state index contributed by atoms with van der Waals surface area (Å²) in [7, 11) is -1.14. The highest BCUT2D eigenvalue weighted by Crippen LogP contribution is 2.23. The Labute approximate surface area is 116 Å². The fraction of sp³-hybridized carbons (Fsp3) is 0.364. The largest absolute Gasteiger partial charge is 0.399 e. The highest BCUT2D eigenvalue weighted by molar-refractivity contribution is 9.10. The van der Waals surface area contributed by atoms with Crippen molar-refractivity contribution in [3.05, 3.63) is 22.7 Å². The Balaban J connectivity index is 1.97. The molecule has 98 valence electrons. The Morgan fingerprint density at radius 2 is 2.28 bits per heavy atom. The third-order valence-corrected chi connectivity index (χ3v) is 5.01. The van der Waals surface area contributed by atoms with E-state index in [0.29, 0.717) is 36.0 Å². The number of amides is 2. The minimum Gasteiger partial charge on any atom is -0.399 e. The maximum atomic E-state index is 12.1. The van der Waals surface area contributed by atoms with E-state index in [1.807, 2.05) is 0 Å². The van der Waals surface area contributed by atoms with E-state index in [9.17, 15) is 9.00 Å². The zero-order chi connectivity index (χ0) is 13.1. The maximum absolute atomic E-state index is 12.1. The van der Waals surface area contributed by atoms with Crippen LogP contribution in [0.1, 0.15) is 0 Å². The highest BCUT2D eigenvalue weighted by atomic mass is 79.9. The SMILES string of the molecule is Nc1ccc(S(=O)CCN2CCNC2=O)c(Br)c1. The van der Waals surface area contributed by atoms with E-state index in [1.54, 1.807) is 23.1 Å². The molecule has 0 aromatic heterocycles. The normalized spacial score (nSPS) is 16.7. The van der Waals surface area contributed by atoms with E-state index in [2.05, 4.69) is 21.2 Å². The Hall–Kier alpha value is -1.08. The Morgan fingerprint density at radius 3 is 2.89 bits per heavy atom. The summed E-state index contributed by atoms with van der Waals surface area (Å²) in [6.07, 6.45) is 0. The minimum atomic E-state index is -1.14. The number of rotatable bonds is 4. The number of nitrogens with one attached hydrogen (secondary N) is 1. The quantitative estimate of drug-likeness (QED) is 0.813. The first-order valence-corrected chi connectivity index (χ1v) is 7.65. The van der Waals surface area contributed by atoms with E-state index >= 15 is 0 Å². The van der Waals surface area contributed by atoms with Gasteiger partial charge in [-0.3, -0.25) is 4.21 Å². The molecule has 0 bridgehead atoms. The number of hydrogen-bond acceptors (Lipinski definition) is 3. The van der Waals surface area contributed by atoms with Gasteiger partial charge in [-0.2, -0.15) is 0 Å². The van der Waals surface area contributed by atoms with Gasteiger partial charge in [-0.15, -0.1) is 0 Å². The summed E-state index contributed by atoms with van der Waals surface area (Å²) in [6, 6.07) is 5.12. The van der Waals surface area contributed by atoms with Gasteiger partial charge in [-0.05, 0) is 34.1 Å². The van der Waals surface area contributed by atoms with Gasteiger partial charge in [0.05, 0.1) is 15.7 Å². The highest BCUT2D eigenvalue weighted by Gasteiger charge is 2.20. The van der Waals surface area contributed by atoms with Crippen molar-refractivity contribution >= 4 is 38.4 Å². The van der Waals surface area contributed by atoms with E-state index in [-0.39, 0.29) is 6.03 Å². The number of halogens is 1. The summed E-state index contributed by atoms with van der Waals surface area (Å²) in [5, 5.41) is 2.71. The number of carbonyl (C=O) groups is 1. The molecule has 2 rings (SSSR count). The molecule has 1 fully saturated rings. The molecule has 3 N–H and O–H groups in total. The molecule has 7 heteroatoms. The van der Waals surface area contributed by atoms with Gasteiger partial charge < -0.3 is 16.0 Å². The van der Waals surface area contributed by atoms with E-state index in [1.165, 1.54) is 0 Å². The topological polar surface area (TPSA) is 75.4 Å². The first kappa shape index (κ1) is 13.4. The van der Waals surface area contributed by atoms with Crippen LogP contribution in [0.5, 0.6) is 0 Å². The molecule has 5 nitrogen and oxygen atoms in total. The Kier molecular flexibility index (Phi) is 4.23. The van der Waals surface area contributed by atoms with Crippen LogP contribution >= 0.6 is 15.9 Å². The number of urea groups is 1. The van der Waals surface area contributed by atoms with Crippen molar-refractivity contribution in [2.24, 2.45) is 0 Å². The predicted molar refractivity (Wildman–Crippen MR) is 74.8 cm³/mol. The molecular weight excluding hydrogens is 318 g/mol. The summed E-state index contributed by atoms with van der Waals surface area (Å²) in [4.78, 5) is 13.7. The average Bonchev–Trinajstić information content (AvgIpc) is 2.72. The second-order valence-electron chi connectivity index (χ2n) is 3.96. The van der Waals surface area contributed by atoms with Crippen LogP contribution in [-0.4, -0.2) is 40.5 Å². The minimum absolute atomic E-state index is 0.0802. The van der Waals surface area contributed by atoms with Crippen LogP contribution in [0.2, 0.25) is 0 Å². The van der Waals surface area contributed by atoms with Crippen LogP contribution in [-0.2, 0) is 10.8 Å². The fourth-order valence-corrected chi connectivity index (χ4v) is 3.77. The van der Waals surface area contributed by atoms with Crippen molar-refractivity contribution in [3.8, 4) is 0 Å². The fourth-order valence-electron chi connectivity index (χ4n) is 1.73. The molecule has 1 aromatic rings. The summed E-state index contributed by atoms with van der Waals surface area (Å²) in [5.74, 6) is 0.427. The summed E-state index contributed by atoms with van der Waals surface area (Å²) < 4.78 is 12.9. The number of anilines is 1. The number of nitrogen functional groups attached to an aromatic ring is 1. The molecule has 0 radical (unpaired) electrons. The summed E-state index contributed by atoms with van der Waals surface area (Å²) >= 11 is 3.35. The zero-order valence-corrected chi connectivity index (χ0v) is 12.1. The molecule has 1 unspecified atom stereocenters. The summed E-state index contributed by atoms with van der Waals surface area (Å²) in [5.41, 5.74) is 6.26. The molecule has 1 aliphatic rings. The first-order valence-electron chi connectivity index (χ1n) is 5.54. The standard InChI is InChI=1S/C11H14BrN3O2S/c12-9-7-8(13)1-2-10(9)18(17)6-5-15-4-3-14-11(15)16/h1-2,7H,3-6,13H2,(H,14,16). The van der Waals surface area contributed by atoms with Gasteiger partial charge in [0, 0.05) is 35.5 Å². The van der Waals surface area contributed by atoms with Gasteiger partial charge in [0.25, 0.3) is 0 Å². The monoisotopic (exact) mass is 331 g/mol. The van der Waals surface area contributed by atoms with Crippen LogP contribution in [0.25, 0.3) is 0 Å². The lowest BCUT2D eigenvalue weighted by Crippen LogP contribution is -2.31. The van der Waals surface area contributed by atoms with Gasteiger partial charge in [-0.25, -0.2) is 4.79 Å². The third kappa shape index (κ3) is 3.02. The van der Waals surface area contributed by atoms with Crippen LogP contribution in [0.4, 0.5) is 10.5 Å². The zero-order valence-electron chi connectivity index (χ0n) is 9.69. The van der Waals surface area contributed by atoms with Gasteiger partial charge in [0.1, 0.15) is 0 Å². The van der Waals surface area contributed by atoms with E-state index in [0.717, 1.165) is 4.47 Å². The van der Waals surface area contributed by atoms with Crippen molar-refractivity contribution in [1.29, 1.82) is 0 Å². The molecule has 18 heavy (non-hydrogen) atoms. The van der Waals surface area contributed by atoms with Crippen LogP contribution in [0, 0.1) is 0 Å². The molecule has 2 amide bonds. The number of carbonyl (C=O) groups excluding carboxylic acids is 1. The van der Waals surface area contributed by atoms with Gasteiger partial charge >= 0.3 is 6.03 Å². The lowest BCUT2D eigenvalue weighted by atomic mass is 10.3. The lowest BCUT2D eigenvalue weighted by Gasteiger charge is -2.13. The molecule has 1 heterocycles. The average molecular weight is 332 g/mol. The number of hydrogen-bond donors (Lipinski definition) is 2. The lowest BCUT2D eigenvalue weighted by molar-refractivity contribution is 0.220. The number of nitrogens with zero attached hydrogens (tertiary/aromatic N) is 1. The molecule has 0 spiro atoms. The van der Waals surface area contributed by atoms with Crippen LogP contribution in [0.15, 0.2) is 27.6 Å². The van der Waals surface area contributed by atoms with Crippen molar-refractivity contribution in [1.82, 2.24) is 10.2 Å².